The van der Waals surface area contributed by atoms with E-state index in [0.29, 0.717) is 40.5 Å². The van der Waals surface area contributed by atoms with Gasteiger partial charge in [0, 0.05) is 15.8 Å². The minimum Gasteiger partial charge on any atom is -0.492 e. The van der Waals surface area contributed by atoms with E-state index in [0.717, 1.165) is 5.56 Å². The van der Waals surface area contributed by atoms with Gasteiger partial charge in [0.25, 0.3) is 0 Å². The van der Waals surface area contributed by atoms with Crippen LogP contribution in [0.3, 0.4) is 0 Å². The van der Waals surface area contributed by atoms with E-state index in [1.807, 2.05) is 0 Å². The average Bonchev–Trinajstić information content (AvgIpc) is 2.56. The summed E-state index contributed by atoms with van der Waals surface area (Å²) in [4.78, 5) is 11.8. The molecule has 0 saturated heterocycles. The van der Waals surface area contributed by atoms with Gasteiger partial charge in [0.05, 0.1) is 12.3 Å². The quantitative estimate of drug-likeness (QED) is 0.674. The largest absolute Gasteiger partial charge is 0.492 e. The maximum atomic E-state index is 12.7. The van der Waals surface area contributed by atoms with Crippen molar-refractivity contribution in [3.8, 4) is 5.75 Å². The van der Waals surface area contributed by atoms with Crippen molar-refractivity contribution in [3.63, 3.8) is 0 Å². The van der Waals surface area contributed by atoms with Crippen LogP contribution in [-0.2, 0) is 10.5 Å². The van der Waals surface area contributed by atoms with Crippen molar-refractivity contribution in [1.82, 2.24) is 5.32 Å². The first-order chi connectivity index (χ1) is 11.6. The van der Waals surface area contributed by atoms with E-state index < -0.39 is 0 Å². The molecule has 0 atom stereocenters. The van der Waals surface area contributed by atoms with Gasteiger partial charge in [-0.15, -0.1) is 11.8 Å². The number of carbonyl (C=O) groups excluding carboxylic acids is 1. The van der Waals surface area contributed by atoms with Crippen LogP contribution in [0.25, 0.3) is 0 Å². The normalized spacial score (nSPS) is 10.5. The van der Waals surface area contributed by atoms with Crippen LogP contribution in [0, 0.1) is 5.82 Å². The summed E-state index contributed by atoms with van der Waals surface area (Å²) in [6.45, 7) is 0.696. The highest BCUT2D eigenvalue weighted by molar-refractivity contribution is 7.99. The maximum absolute atomic E-state index is 12.7. The van der Waals surface area contributed by atoms with Gasteiger partial charge in [-0.1, -0.05) is 29.3 Å². The van der Waals surface area contributed by atoms with Crippen LogP contribution in [0.15, 0.2) is 42.5 Å². The topological polar surface area (TPSA) is 38.3 Å². The molecule has 0 spiro atoms. The second-order valence-corrected chi connectivity index (χ2v) is 6.65. The molecule has 3 nitrogen and oxygen atoms in total. The highest BCUT2D eigenvalue weighted by Crippen LogP contribution is 2.28. The first kappa shape index (κ1) is 18.9. The van der Waals surface area contributed by atoms with Gasteiger partial charge in [0.2, 0.25) is 5.91 Å². The van der Waals surface area contributed by atoms with Crippen molar-refractivity contribution >= 4 is 40.9 Å². The molecule has 2 rings (SSSR count). The van der Waals surface area contributed by atoms with Crippen LogP contribution in [-0.4, -0.2) is 24.8 Å². The standard InChI is InChI=1S/C17H16Cl2FNO2S/c18-15-2-1-3-16(19)14(15)10-24-11-17(22)21-8-9-23-13-6-4-12(20)5-7-13/h1-7H,8-11H2,(H,21,22). The number of rotatable bonds is 8. The Bertz CT molecular complexity index is 663. The van der Waals surface area contributed by atoms with Crippen LogP contribution < -0.4 is 10.1 Å². The molecule has 0 aliphatic carbocycles. The lowest BCUT2D eigenvalue weighted by atomic mass is 10.2. The highest BCUT2D eigenvalue weighted by Gasteiger charge is 2.07. The average molecular weight is 388 g/mol. The Labute approximate surface area is 154 Å². The van der Waals surface area contributed by atoms with Crippen molar-refractivity contribution in [2.75, 3.05) is 18.9 Å². The first-order valence-corrected chi connectivity index (χ1v) is 9.13. The highest BCUT2D eigenvalue weighted by atomic mass is 35.5. The number of ether oxygens (including phenoxy) is 1. The summed E-state index contributed by atoms with van der Waals surface area (Å²) in [7, 11) is 0. The molecule has 0 fully saturated rings. The first-order valence-electron chi connectivity index (χ1n) is 7.22. The number of carbonyl (C=O) groups is 1. The molecule has 1 N–H and O–H groups in total. The van der Waals surface area contributed by atoms with E-state index in [1.165, 1.54) is 23.9 Å². The lowest BCUT2D eigenvalue weighted by molar-refractivity contribution is -0.118. The number of thioether (sulfide) groups is 1. The zero-order valence-corrected chi connectivity index (χ0v) is 15.1. The Kier molecular flexibility index (Phi) is 7.69. The van der Waals surface area contributed by atoms with Gasteiger partial charge in [-0.25, -0.2) is 4.39 Å². The second kappa shape index (κ2) is 9.77. The van der Waals surface area contributed by atoms with Crippen LogP contribution >= 0.6 is 35.0 Å². The summed E-state index contributed by atoms with van der Waals surface area (Å²) in [5.41, 5.74) is 0.832. The van der Waals surface area contributed by atoms with Crippen molar-refractivity contribution in [2.45, 2.75) is 5.75 Å². The van der Waals surface area contributed by atoms with Crippen molar-refractivity contribution in [3.05, 3.63) is 63.9 Å². The van der Waals surface area contributed by atoms with Crippen molar-refractivity contribution in [2.24, 2.45) is 0 Å². The molecule has 7 heteroatoms. The third-order valence-electron chi connectivity index (χ3n) is 3.05. The third-order valence-corrected chi connectivity index (χ3v) is 4.72. The molecular weight excluding hydrogens is 372 g/mol. The summed E-state index contributed by atoms with van der Waals surface area (Å²) in [6.07, 6.45) is 0. The number of hydrogen-bond acceptors (Lipinski definition) is 3. The van der Waals surface area contributed by atoms with Gasteiger partial charge in [-0.3, -0.25) is 4.79 Å². The molecule has 0 aromatic heterocycles. The molecule has 0 saturated carbocycles. The number of amides is 1. The zero-order valence-electron chi connectivity index (χ0n) is 12.7. The van der Waals surface area contributed by atoms with Gasteiger partial charge in [0.1, 0.15) is 18.2 Å². The molecule has 0 aliphatic heterocycles. The van der Waals surface area contributed by atoms with E-state index in [-0.39, 0.29) is 11.7 Å². The molecule has 0 unspecified atom stereocenters. The lowest BCUT2D eigenvalue weighted by Crippen LogP contribution is -2.29. The Morgan fingerprint density at radius 2 is 1.79 bits per heavy atom. The predicted molar refractivity (Wildman–Crippen MR) is 97.5 cm³/mol. The molecule has 128 valence electrons. The van der Waals surface area contributed by atoms with E-state index >= 15 is 0 Å². The van der Waals surface area contributed by atoms with E-state index in [2.05, 4.69) is 5.32 Å². The summed E-state index contributed by atoms with van der Waals surface area (Å²) in [5.74, 6) is 1.03. The van der Waals surface area contributed by atoms with Crippen LogP contribution in [0.1, 0.15) is 5.56 Å². The summed E-state index contributed by atoms with van der Waals surface area (Å²) < 4.78 is 18.1. The predicted octanol–water partition coefficient (Wildman–Crippen LogP) is 4.56. The fourth-order valence-corrected chi connectivity index (χ4v) is 3.45. The van der Waals surface area contributed by atoms with Crippen LogP contribution in [0.4, 0.5) is 4.39 Å². The van der Waals surface area contributed by atoms with Crippen LogP contribution in [0.2, 0.25) is 10.0 Å². The Balaban J connectivity index is 1.62. The monoisotopic (exact) mass is 387 g/mol. The molecule has 0 aliphatic rings. The SMILES string of the molecule is O=C(CSCc1c(Cl)cccc1Cl)NCCOc1ccc(F)cc1. The molecule has 0 heterocycles. The van der Waals surface area contributed by atoms with Crippen LogP contribution in [0.5, 0.6) is 5.75 Å². The maximum Gasteiger partial charge on any atom is 0.230 e. The van der Waals surface area contributed by atoms with E-state index in [4.69, 9.17) is 27.9 Å². The van der Waals surface area contributed by atoms with E-state index in [1.54, 1.807) is 30.3 Å². The van der Waals surface area contributed by atoms with Crippen molar-refractivity contribution in [1.29, 1.82) is 0 Å². The Hall–Kier alpha value is -1.43. The summed E-state index contributed by atoms with van der Waals surface area (Å²) in [5, 5.41) is 3.96. The molecule has 1 amide bonds. The fraction of sp³-hybridized carbons (Fsp3) is 0.235. The molecule has 24 heavy (non-hydrogen) atoms. The number of nitrogens with one attached hydrogen (secondary N) is 1. The van der Waals surface area contributed by atoms with Gasteiger partial charge in [-0.05, 0) is 42.0 Å². The van der Waals surface area contributed by atoms with Gasteiger partial charge >= 0.3 is 0 Å². The molecule has 0 radical (unpaired) electrons. The number of hydrogen-bond donors (Lipinski definition) is 1. The van der Waals surface area contributed by atoms with E-state index in [9.17, 15) is 9.18 Å². The van der Waals surface area contributed by atoms with Gasteiger partial charge in [0.15, 0.2) is 0 Å². The van der Waals surface area contributed by atoms with Crippen molar-refractivity contribution < 1.29 is 13.9 Å². The van der Waals surface area contributed by atoms with Gasteiger partial charge in [-0.2, -0.15) is 0 Å². The minimum absolute atomic E-state index is 0.0918. The molecule has 2 aromatic rings. The summed E-state index contributed by atoms with van der Waals surface area (Å²) in [6, 6.07) is 11.1. The smallest absolute Gasteiger partial charge is 0.230 e. The minimum atomic E-state index is -0.314. The molecule has 0 bridgehead atoms. The number of benzene rings is 2. The van der Waals surface area contributed by atoms with Gasteiger partial charge < -0.3 is 10.1 Å². The number of halogens is 3. The Morgan fingerprint density at radius 3 is 2.46 bits per heavy atom. The fourth-order valence-electron chi connectivity index (χ4n) is 1.86. The lowest BCUT2D eigenvalue weighted by Gasteiger charge is -2.09. The Morgan fingerprint density at radius 1 is 1.12 bits per heavy atom. The third kappa shape index (κ3) is 6.23. The molecule has 2 aromatic carbocycles. The second-order valence-electron chi connectivity index (χ2n) is 4.85. The summed E-state index contributed by atoms with van der Waals surface area (Å²) >= 11 is 13.6. The zero-order chi connectivity index (χ0) is 17.4. The molecular formula is C17H16Cl2FNO2S.